The van der Waals surface area contributed by atoms with Crippen LogP contribution in [0.25, 0.3) is 0 Å². The Bertz CT molecular complexity index is 165. The van der Waals surface area contributed by atoms with Gasteiger partial charge in [-0.15, -0.1) is 0 Å². The van der Waals surface area contributed by atoms with Gasteiger partial charge in [0.05, 0.1) is 6.10 Å². The number of ether oxygens (including phenoxy) is 1. The van der Waals surface area contributed by atoms with Crippen LogP contribution in [-0.4, -0.2) is 12.7 Å². The lowest BCUT2D eigenvalue weighted by atomic mass is 10.1. The molecule has 0 saturated heterocycles. The van der Waals surface area contributed by atoms with Crippen LogP contribution >= 0.6 is 15.9 Å². The van der Waals surface area contributed by atoms with Crippen LogP contribution in [0.15, 0.2) is 10.6 Å². The van der Waals surface area contributed by atoms with E-state index in [2.05, 4.69) is 28.9 Å². The zero-order chi connectivity index (χ0) is 9.52. The summed E-state index contributed by atoms with van der Waals surface area (Å²) in [7, 11) is 0. The van der Waals surface area contributed by atoms with Gasteiger partial charge in [-0.25, -0.2) is 0 Å². The molecule has 1 unspecified atom stereocenters. The van der Waals surface area contributed by atoms with Crippen LogP contribution in [0.2, 0.25) is 0 Å². The van der Waals surface area contributed by atoms with Crippen LogP contribution < -0.4 is 0 Å². The Balaban J connectivity index is 2.48. The topological polar surface area (TPSA) is 9.23 Å². The van der Waals surface area contributed by atoms with Crippen LogP contribution in [0.5, 0.6) is 0 Å². The molecule has 76 valence electrons. The second-order valence-corrected chi connectivity index (χ2v) is 4.44. The minimum absolute atomic E-state index is 0.322. The first-order chi connectivity index (χ1) is 6.34. The highest BCUT2D eigenvalue weighted by molar-refractivity contribution is 9.11. The largest absolute Gasteiger partial charge is 0.373 e. The fourth-order valence-electron chi connectivity index (χ4n) is 1.70. The lowest BCUT2D eigenvalue weighted by Gasteiger charge is -2.15. The van der Waals surface area contributed by atoms with E-state index in [0.29, 0.717) is 6.10 Å². The van der Waals surface area contributed by atoms with Gasteiger partial charge in [-0.2, -0.15) is 0 Å². The second-order valence-electron chi connectivity index (χ2n) is 3.52. The van der Waals surface area contributed by atoms with Crippen molar-refractivity contribution in [2.75, 3.05) is 6.61 Å². The maximum atomic E-state index is 5.67. The van der Waals surface area contributed by atoms with E-state index in [4.69, 9.17) is 4.74 Å². The Labute approximate surface area is 89.7 Å². The third-order valence-electron chi connectivity index (χ3n) is 2.44. The summed E-state index contributed by atoms with van der Waals surface area (Å²) in [6.45, 7) is 2.88. The van der Waals surface area contributed by atoms with Gasteiger partial charge in [-0.3, -0.25) is 0 Å². The highest BCUT2D eigenvalue weighted by Crippen LogP contribution is 2.23. The molecule has 0 amide bonds. The normalized spacial score (nSPS) is 25.7. The van der Waals surface area contributed by atoms with E-state index in [-0.39, 0.29) is 0 Å². The first kappa shape index (κ1) is 11.3. The molecule has 0 aromatic rings. The van der Waals surface area contributed by atoms with E-state index in [9.17, 15) is 0 Å². The zero-order valence-corrected chi connectivity index (χ0v) is 9.98. The highest BCUT2D eigenvalue weighted by atomic mass is 79.9. The summed E-state index contributed by atoms with van der Waals surface area (Å²) in [6, 6.07) is 0. The minimum Gasteiger partial charge on any atom is -0.373 e. The molecular weight excluding hydrogens is 228 g/mol. The first-order valence-electron chi connectivity index (χ1n) is 5.31. The van der Waals surface area contributed by atoms with E-state index in [1.807, 2.05) is 0 Å². The Kier molecular flexibility index (Phi) is 5.72. The standard InChI is InChI=1S/C11H19BrO/c1-2-13-11-9-7-5-3-4-6-8-10(11)12/h8,11H,2-7,9H2,1H3. The van der Waals surface area contributed by atoms with Crippen molar-refractivity contribution in [2.24, 2.45) is 0 Å². The lowest BCUT2D eigenvalue weighted by molar-refractivity contribution is 0.0865. The Morgan fingerprint density at radius 3 is 2.92 bits per heavy atom. The molecule has 1 rings (SSSR count). The van der Waals surface area contributed by atoms with E-state index in [0.717, 1.165) is 6.61 Å². The molecule has 1 aliphatic rings. The molecule has 13 heavy (non-hydrogen) atoms. The maximum absolute atomic E-state index is 5.67. The number of allylic oxidation sites excluding steroid dienone is 1. The predicted octanol–water partition coefficient (Wildman–Crippen LogP) is 4.02. The van der Waals surface area contributed by atoms with Gasteiger partial charge < -0.3 is 4.74 Å². The predicted molar refractivity (Wildman–Crippen MR) is 60.1 cm³/mol. The number of rotatable bonds is 2. The molecule has 0 aromatic carbocycles. The van der Waals surface area contributed by atoms with Crippen molar-refractivity contribution < 1.29 is 4.74 Å². The van der Waals surface area contributed by atoms with Crippen LogP contribution in [0, 0.1) is 0 Å². The number of halogens is 1. The highest BCUT2D eigenvalue weighted by Gasteiger charge is 2.12. The molecule has 1 nitrogen and oxygen atoms in total. The van der Waals surface area contributed by atoms with Gasteiger partial charge >= 0.3 is 0 Å². The van der Waals surface area contributed by atoms with Gasteiger partial charge in [0.15, 0.2) is 0 Å². The molecule has 0 bridgehead atoms. The number of hydrogen-bond donors (Lipinski definition) is 0. The fourth-order valence-corrected chi connectivity index (χ4v) is 2.29. The summed E-state index contributed by atoms with van der Waals surface area (Å²) < 4.78 is 6.93. The molecule has 0 saturated carbocycles. The molecule has 1 aliphatic carbocycles. The van der Waals surface area contributed by atoms with Crippen LogP contribution in [0.1, 0.15) is 45.4 Å². The quantitative estimate of drug-likeness (QED) is 0.716. The summed E-state index contributed by atoms with van der Waals surface area (Å²) >= 11 is 3.61. The second kappa shape index (κ2) is 6.61. The Morgan fingerprint density at radius 1 is 1.38 bits per heavy atom. The average Bonchev–Trinajstić information content (AvgIpc) is 2.21. The third kappa shape index (κ3) is 4.28. The summed E-state index contributed by atoms with van der Waals surface area (Å²) in [4.78, 5) is 0. The molecule has 1 atom stereocenters. The summed E-state index contributed by atoms with van der Waals surface area (Å²) in [5, 5.41) is 0. The van der Waals surface area contributed by atoms with Crippen LogP contribution in [0.3, 0.4) is 0 Å². The number of hydrogen-bond acceptors (Lipinski definition) is 1. The first-order valence-corrected chi connectivity index (χ1v) is 6.11. The Hall–Kier alpha value is 0.180. The third-order valence-corrected chi connectivity index (χ3v) is 3.27. The van der Waals surface area contributed by atoms with Crippen molar-refractivity contribution in [1.29, 1.82) is 0 Å². The van der Waals surface area contributed by atoms with Gasteiger partial charge in [-0.05, 0) is 26.2 Å². The molecule has 0 aliphatic heterocycles. The monoisotopic (exact) mass is 246 g/mol. The van der Waals surface area contributed by atoms with Gasteiger partial charge in [0.1, 0.15) is 0 Å². The van der Waals surface area contributed by atoms with E-state index < -0.39 is 0 Å². The molecule has 0 aromatic heterocycles. The van der Waals surface area contributed by atoms with Crippen molar-refractivity contribution >= 4 is 15.9 Å². The van der Waals surface area contributed by atoms with Crippen molar-refractivity contribution in [3.05, 3.63) is 10.6 Å². The summed E-state index contributed by atoms with van der Waals surface area (Å²) in [5.41, 5.74) is 0. The van der Waals surface area contributed by atoms with Gasteiger partial charge in [-0.1, -0.05) is 41.3 Å². The SMILES string of the molecule is CCOC1CCCCCCC=C1Br. The molecule has 0 radical (unpaired) electrons. The van der Waals surface area contributed by atoms with E-state index in [1.165, 1.54) is 43.0 Å². The van der Waals surface area contributed by atoms with Crippen LogP contribution in [0.4, 0.5) is 0 Å². The van der Waals surface area contributed by atoms with Crippen LogP contribution in [-0.2, 0) is 4.74 Å². The molecular formula is C11H19BrO. The van der Waals surface area contributed by atoms with E-state index >= 15 is 0 Å². The molecule has 0 spiro atoms. The maximum Gasteiger partial charge on any atom is 0.0886 e. The van der Waals surface area contributed by atoms with Gasteiger partial charge in [0.25, 0.3) is 0 Å². The van der Waals surface area contributed by atoms with Gasteiger partial charge in [0.2, 0.25) is 0 Å². The average molecular weight is 247 g/mol. The van der Waals surface area contributed by atoms with Crippen molar-refractivity contribution in [2.45, 2.75) is 51.6 Å². The van der Waals surface area contributed by atoms with Crippen molar-refractivity contribution in [3.63, 3.8) is 0 Å². The zero-order valence-electron chi connectivity index (χ0n) is 8.39. The minimum atomic E-state index is 0.322. The lowest BCUT2D eigenvalue weighted by Crippen LogP contribution is -2.12. The summed E-state index contributed by atoms with van der Waals surface area (Å²) in [5.74, 6) is 0. The molecule has 2 heteroatoms. The van der Waals surface area contributed by atoms with Crippen molar-refractivity contribution in [1.82, 2.24) is 0 Å². The van der Waals surface area contributed by atoms with Crippen molar-refractivity contribution in [3.8, 4) is 0 Å². The molecule has 0 N–H and O–H groups in total. The molecule has 0 heterocycles. The van der Waals surface area contributed by atoms with Gasteiger partial charge in [0, 0.05) is 11.1 Å². The smallest absolute Gasteiger partial charge is 0.0886 e. The summed E-state index contributed by atoms with van der Waals surface area (Å²) in [6.07, 6.45) is 10.3. The fraction of sp³-hybridized carbons (Fsp3) is 0.818. The molecule has 0 fully saturated rings. The Morgan fingerprint density at radius 2 is 2.15 bits per heavy atom. The van der Waals surface area contributed by atoms with E-state index in [1.54, 1.807) is 0 Å².